The van der Waals surface area contributed by atoms with Crippen molar-refractivity contribution in [2.45, 2.75) is 45.7 Å². The van der Waals surface area contributed by atoms with E-state index in [0.29, 0.717) is 19.6 Å². The van der Waals surface area contributed by atoms with E-state index in [1.54, 1.807) is 11.4 Å². The first kappa shape index (κ1) is 14.9. The number of nitrogens with zero attached hydrogens (tertiary/aromatic N) is 2. The summed E-state index contributed by atoms with van der Waals surface area (Å²) in [5, 5.41) is 3.34. The number of piperazine rings is 1. The molecule has 1 N–H and O–H groups in total. The molecular formula is C11H25N3O2S. The summed E-state index contributed by atoms with van der Waals surface area (Å²) in [6.45, 7) is 7.82. The van der Waals surface area contributed by atoms with Crippen LogP contribution in [0.15, 0.2) is 0 Å². The van der Waals surface area contributed by atoms with Crippen LogP contribution in [0.2, 0.25) is 0 Å². The molecule has 17 heavy (non-hydrogen) atoms. The van der Waals surface area contributed by atoms with Crippen molar-refractivity contribution >= 4 is 10.2 Å². The average Bonchev–Trinajstić information content (AvgIpc) is 2.24. The van der Waals surface area contributed by atoms with Gasteiger partial charge in [-0.05, 0) is 20.3 Å². The van der Waals surface area contributed by atoms with Gasteiger partial charge in [0, 0.05) is 38.8 Å². The second kappa shape index (κ2) is 6.13. The highest BCUT2D eigenvalue weighted by atomic mass is 32.2. The largest absolute Gasteiger partial charge is 0.309 e. The van der Waals surface area contributed by atoms with E-state index >= 15 is 0 Å². The van der Waals surface area contributed by atoms with Gasteiger partial charge in [0.15, 0.2) is 0 Å². The van der Waals surface area contributed by atoms with Crippen molar-refractivity contribution in [3.8, 4) is 0 Å². The Morgan fingerprint density at radius 2 is 1.82 bits per heavy atom. The van der Waals surface area contributed by atoms with Crippen molar-refractivity contribution in [1.29, 1.82) is 0 Å². The first-order chi connectivity index (χ1) is 7.87. The van der Waals surface area contributed by atoms with Gasteiger partial charge >= 0.3 is 0 Å². The lowest BCUT2D eigenvalue weighted by Crippen LogP contribution is -2.58. The van der Waals surface area contributed by atoms with Gasteiger partial charge in [-0.3, -0.25) is 0 Å². The molecule has 6 heteroatoms. The van der Waals surface area contributed by atoms with Crippen molar-refractivity contribution in [1.82, 2.24) is 13.9 Å². The standard InChI is InChI=1S/C11H25N3O2S/c1-5-6-7-13(4)17(15,16)14-8-10(2)12-11(3)9-14/h10-12H,5-9H2,1-4H3. The predicted molar refractivity (Wildman–Crippen MR) is 70.1 cm³/mol. The quantitative estimate of drug-likeness (QED) is 0.792. The minimum Gasteiger partial charge on any atom is -0.309 e. The highest BCUT2D eigenvalue weighted by Gasteiger charge is 2.32. The van der Waals surface area contributed by atoms with Crippen LogP contribution in [0.4, 0.5) is 0 Å². The molecule has 1 saturated heterocycles. The maximum Gasteiger partial charge on any atom is 0.281 e. The number of unbranched alkanes of at least 4 members (excludes halogenated alkanes) is 1. The molecule has 0 aromatic rings. The van der Waals surface area contributed by atoms with Crippen molar-refractivity contribution in [3.63, 3.8) is 0 Å². The van der Waals surface area contributed by atoms with Crippen LogP contribution >= 0.6 is 0 Å². The SMILES string of the molecule is CCCCN(C)S(=O)(=O)N1CC(C)NC(C)C1. The lowest BCUT2D eigenvalue weighted by atomic mass is 10.2. The van der Waals surface area contributed by atoms with Crippen LogP contribution in [0.1, 0.15) is 33.6 Å². The molecule has 2 unspecified atom stereocenters. The minimum atomic E-state index is -3.27. The average molecular weight is 263 g/mol. The fraction of sp³-hybridized carbons (Fsp3) is 1.00. The molecule has 5 nitrogen and oxygen atoms in total. The Morgan fingerprint density at radius 3 is 2.29 bits per heavy atom. The number of hydrogen-bond donors (Lipinski definition) is 1. The first-order valence-electron chi connectivity index (χ1n) is 6.35. The van der Waals surface area contributed by atoms with Crippen molar-refractivity contribution < 1.29 is 8.42 Å². The third-order valence-corrected chi connectivity index (χ3v) is 4.99. The number of hydrogen-bond acceptors (Lipinski definition) is 3. The minimum absolute atomic E-state index is 0.216. The van der Waals surface area contributed by atoms with Crippen molar-refractivity contribution in [3.05, 3.63) is 0 Å². The smallest absolute Gasteiger partial charge is 0.281 e. The molecule has 2 atom stereocenters. The third kappa shape index (κ3) is 3.91. The molecule has 0 radical (unpaired) electrons. The zero-order valence-corrected chi connectivity index (χ0v) is 12.1. The van der Waals surface area contributed by atoms with Gasteiger partial charge in [-0.15, -0.1) is 0 Å². The molecule has 1 aliphatic heterocycles. The lowest BCUT2D eigenvalue weighted by molar-refractivity contribution is 0.248. The van der Waals surface area contributed by atoms with Gasteiger partial charge in [0.05, 0.1) is 0 Å². The molecule has 1 heterocycles. The van der Waals surface area contributed by atoms with Crippen LogP contribution in [0.5, 0.6) is 0 Å². The Balaban J connectivity index is 2.68. The summed E-state index contributed by atoms with van der Waals surface area (Å²) in [7, 11) is -1.60. The first-order valence-corrected chi connectivity index (χ1v) is 7.75. The molecule has 0 aliphatic carbocycles. The van der Waals surface area contributed by atoms with Crippen LogP contribution < -0.4 is 5.32 Å². The lowest BCUT2D eigenvalue weighted by Gasteiger charge is -2.37. The van der Waals surface area contributed by atoms with E-state index in [9.17, 15) is 8.42 Å². The van der Waals surface area contributed by atoms with Gasteiger partial charge < -0.3 is 5.32 Å². The molecule has 0 aromatic heterocycles. The molecule has 1 fully saturated rings. The van der Waals surface area contributed by atoms with E-state index in [1.165, 1.54) is 4.31 Å². The van der Waals surface area contributed by atoms with E-state index < -0.39 is 10.2 Å². The van der Waals surface area contributed by atoms with Gasteiger partial charge in [-0.25, -0.2) is 0 Å². The molecule has 102 valence electrons. The molecule has 1 aliphatic rings. The zero-order chi connectivity index (χ0) is 13.1. The maximum absolute atomic E-state index is 12.3. The van der Waals surface area contributed by atoms with Gasteiger partial charge in [0.25, 0.3) is 10.2 Å². The summed E-state index contributed by atoms with van der Waals surface area (Å²) in [5.74, 6) is 0. The van der Waals surface area contributed by atoms with Crippen molar-refractivity contribution in [2.75, 3.05) is 26.7 Å². The molecule has 0 spiro atoms. The van der Waals surface area contributed by atoms with E-state index in [1.807, 2.05) is 13.8 Å². The molecular weight excluding hydrogens is 238 g/mol. The topological polar surface area (TPSA) is 52.7 Å². The van der Waals surface area contributed by atoms with Crippen molar-refractivity contribution in [2.24, 2.45) is 0 Å². The summed E-state index contributed by atoms with van der Waals surface area (Å²) in [6, 6.07) is 0.432. The number of nitrogens with one attached hydrogen (secondary N) is 1. The van der Waals surface area contributed by atoms with Crippen LogP contribution in [0.25, 0.3) is 0 Å². The summed E-state index contributed by atoms with van der Waals surface area (Å²) in [4.78, 5) is 0. The molecule has 0 aromatic carbocycles. The fourth-order valence-corrected chi connectivity index (χ4v) is 3.74. The second-order valence-corrected chi connectivity index (χ2v) is 7.00. The Labute approximate surface area is 105 Å². The van der Waals surface area contributed by atoms with Gasteiger partial charge in [-0.2, -0.15) is 17.0 Å². The van der Waals surface area contributed by atoms with E-state index in [0.717, 1.165) is 12.8 Å². The number of rotatable bonds is 5. The Kier molecular flexibility index (Phi) is 5.37. The Morgan fingerprint density at radius 1 is 1.29 bits per heavy atom. The van der Waals surface area contributed by atoms with E-state index in [4.69, 9.17) is 0 Å². The van der Waals surface area contributed by atoms with Crippen LogP contribution in [0, 0.1) is 0 Å². The van der Waals surface area contributed by atoms with Gasteiger partial charge in [0.1, 0.15) is 0 Å². The molecule has 0 amide bonds. The normalized spacial score (nSPS) is 27.6. The summed E-state index contributed by atoms with van der Waals surface area (Å²) < 4.78 is 27.7. The van der Waals surface area contributed by atoms with Crippen LogP contribution in [-0.4, -0.2) is 55.8 Å². The monoisotopic (exact) mass is 263 g/mol. The van der Waals surface area contributed by atoms with Crippen LogP contribution in [0.3, 0.4) is 0 Å². The predicted octanol–water partition coefficient (Wildman–Crippen LogP) is 0.645. The van der Waals surface area contributed by atoms with Gasteiger partial charge in [0.2, 0.25) is 0 Å². The van der Waals surface area contributed by atoms with E-state index in [-0.39, 0.29) is 12.1 Å². The second-order valence-electron chi connectivity index (χ2n) is 4.97. The van der Waals surface area contributed by atoms with Crippen LogP contribution in [-0.2, 0) is 10.2 Å². The summed E-state index contributed by atoms with van der Waals surface area (Å²) >= 11 is 0. The Hall–Kier alpha value is -0.170. The van der Waals surface area contributed by atoms with E-state index in [2.05, 4.69) is 12.2 Å². The third-order valence-electron chi connectivity index (χ3n) is 3.07. The molecule has 1 rings (SSSR count). The zero-order valence-electron chi connectivity index (χ0n) is 11.3. The summed E-state index contributed by atoms with van der Waals surface area (Å²) in [5.41, 5.74) is 0. The van der Waals surface area contributed by atoms with Gasteiger partial charge in [-0.1, -0.05) is 13.3 Å². The highest BCUT2D eigenvalue weighted by Crippen LogP contribution is 2.13. The summed E-state index contributed by atoms with van der Waals surface area (Å²) in [6.07, 6.45) is 1.92. The molecule has 0 bridgehead atoms. The highest BCUT2D eigenvalue weighted by molar-refractivity contribution is 7.86. The fourth-order valence-electron chi connectivity index (χ4n) is 2.16. The Bertz CT molecular complexity index is 322. The maximum atomic E-state index is 12.3. The molecule has 0 saturated carbocycles.